The first-order chi connectivity index (χ1) is 6.22. The van der Waals surface area contributed by atoms with Crippen molar-refractivity contribution >= 4 is 17.3 Å². The highest BCUT2D eigenvalue weighted by Crippen LogP contribution is 1.98. The van der Waals surface area contributed by atoms with E-state index in [2.05, 4.69) is 15.7 Å². The van der Waals surface area contributed by atoms with Crippen molar-refractivity contribution in [1.82, 2.24) is 15.7 Å². The normalized spacial score (nSPS) is 9.38. The molecule has 0 aliphatic carbocycles. The Labute approximate surface area is 82.5 Å². The van der Waals surface area contributed by atoms with Crippen LogP contribution in [0.4, 0.5) is 0 Å². The SMILES string of the molecule is Cc1ccnc(CNC(=S)NN)c1. The van der Waals surface area contributed by atoms with Gasteiger partial charge in [0.2, 0.25) is 0 Å². The number of nitrogens with two attached hydrogens (primary N) is 1. The van der Waals surface area contributed by atoms with Crippen molar-refractivity contribution in [3.05, 3.63) is 29.6 Å². The number of rotatable bonds is 2. The second kappa shape index (κ2) is 4.74. The minimum absolute atomic E-state index is 0.420. The highest BCUT2D eigenvalue weighted by molar-refractivity contribution is 7.80. The molecular formula is C8H12N4S. The Kier molecular flexibility index (Phi) is 3.60. The van der Waals surface area contributed by atoms with Crippen molar-refractivity contribution < 1.29 is 0 Å². The maximum atomic E-state index is 5.09. The summed E-state index contributed by atoms with van der Waals surface area (Å²) in [5, 5.41) is 3.33. The number of hydrazine groups is 1. The molecule has 0 aliphatic heterocycles. The first-order valence-corrected chi connectivity index (χ1v) is 4.29. The van der Waals surface area contributed by atoms with E-state index in [1.54, 1.807) is 6.20 Å². The van der Waals surface area contributed by atoms with Gasteiger partial charge in [0.15, 0.2) is 5.11 Å². The summed E-state index contributed by atoms with van der Waals surface area (Å²) in [6.45, 7) is 2.61. The van der Waals surface area contributed by atoms with Crippen LogP contribution in [0.5, 0.6) is 0 Å². The smallest absolute Gasteiger partial charge is 0.180 e. The van der Waals surface area contributed by atoms with Crippen LogP contribution in [-0.4, -0.2) is 10.1 Å². The lowest BCUT2D eigenvalue weighted by Crippen LogP contribution is -2.39. The van der Waals surface area contributed by atoms with Crippen LogP contribution in [0.1, 0.15) is 11.3 Å². The zero-order chi connectivity index (χ0) is 9.68. The van der Waals surface area contributed by atoms with Crippen molar-refractivity contribution in [3.8, 4) is 0 Å². The molecule has 0 bridgehead atoms. The molecule has 0 fully saturated rings. The molecule has 1 rings (SSSR count). The van der Waals surface area contributed by atoms with Gasteiger partial charge in [0, 0.05) is 6.20 Å². The highest BCUT2D eigenvalue weighted by atomic mass is 32.1. The molecule has 0 atom stereocenters. The molecule has 0 radical (unpaired) electrons. The molecule has 1 aromatic rings. The minimum atomic E-state index is 0.420. The average molecular weight is 196 g/mol. The second-order valence-corrected chi connectivity index (χ2v) is 3.06. The molecule has 4 N–H and O–H groups in total. The minimum Gasteiger partial charge on any atom is -0.356 e. The number of hydrogen-bond acceptors (Lipinski definition) is 3. The summed E-state index contributed by atoms with van der Waals surface area (Å²) < 4.78 is 0. The summed E-state index contributed by atoms with van der Waals surface area (Å²) in [5.74, 6) is 5.09. The van der Waals surface area contributed by atoms with Gasteiger partial charge >= 0.3 is 0 Å². The Balaban J connectivity index is 2.50. The number of nitrogens with one attached hydrogen (secondary N) is 2. The van der Waals surface area contributed by atoms with Crippen LogP contribution in [0.25, 0.3) is 0 Å². The summed E-state index contributed by atoms with van der Waals surface area (Å²) in [7, 11) is 0. The molecule has 5 heteroatoms. The maximum absolute atomic E-state index is 5.09. The molecule has 0 aliphatic rings. The van der Waals surface area contributed by atoms with Crippen molar-refractivity contribution in [3.63, 3.8) is 0 Å². The third-order valence-corrected chi connectivity index (χ3v) is 1.80. The Bertz CT molecular complexity index is 300. The van der Waals surface area contributed by atoms with E-state index >= 15 is 0 Å². The monoisotopic (exact) mass is 196 g/mol. The van der Waals surface area contributed by atoms with Gasteiger partial charge in [0.05, 0.1) is 12.2 Å². The van der Waals surface area contributed by atoms with Crippen LogP contribution in [0, 0.1) is 6.92 Å². The molecular weight excluding hydrogens is 184 g/mol. The Morgan fingerprint density at radius 3 is 3.08 bits per heavy atom. The van der Waals surface area contributed by atoms with Crippen LogP contribution >= 0.6 is 12.2 Å². The van der Waals surface area contributed by atoms with Crippen LogP contribution < -0.4 is 16.6 Å². The summed E-state index contributed by atoms with van der Waals surface area (Å²) >= 11 is 4.81. The molecule has 0 amide bonds. The van der Waals surface area contributed by atoms with Crippen LogP contribution in [0.2, 0.25) is 0 Å². The van der Waals surface area contributed by atoms with Crippen LogP contribution in [0.15, 0.2) is 18.3 Å². The van der Waals surface area contributed by atoms with Gasteiger partial charge in [0.25, 0.3) is 0 Å². The Morgan fingerprint density at radius 2 is 2.46 bits per heavy atom. The van der Waals surface area contributed by atoms with E-state index in [4.69, 9.17) is 18.1 Å². The number of aryl methyl sites for hydroxylation is 1. The van der Waals surface area contributed by atoms with Crippen molar-refractivity contribution in [2.45, 2.75) is 13.5 Å². The fraction of sp³-hybridized carbons (Fsp3) is 0.250. The summed E-state index contributed by atoms with van der Waals surface area (Å²) in [4.78, 5) is 4.16. The third-order valence-electron chi connectivity index (χ3n) is 1.53. The van der Waals surface area contributed by atoms with E-state index in [-0.39, 0.29) is 0 Å². The zero-order valence-electron chi connectivity index (χ0n) is 7.37. The maximum Gasteiger partial charge on any atom is 0.180 e. The Hall–Kier alpha value is -1.20. The van der Waals surface area contributed by atoms with Gasteiger partial charge in [-0.15, -0.1) is 0 Å². The van der Waals surface area contributed by atoms with E-state index < -0.39 is 0 Å². The third kappa shape index (κ3) is 3.35. The average Bonchev–Trinajstić information content (AvgIpc) is 2.14. The summed E-state index contributed by atoms with van der Waals surface area (Å²) in [6, 6.07) is 3.94. The number of hydrogen-bond donors (Lipinski definition) is 3. The topological polar surface area (TPSA) is 63.0 Å². The van der Waals surface area contributed by atoms with E-state index in [1.807, 2.05) is 19.1 Å². The first-order valence-electron chi connectivity index (χ1n) is 3.88. The van der Waals surface area contributed by atoms with E-state index in [0.717, 1.165) is 5.69 Å². The highest BCUT2D eigenvalue weighted by Gasteiger charge is 1.95. The van der Waals surface area contributed by atoms with Gasteiger partial charge < -0.3 is 10.7 Å². The van der Waals surface area contributed by atoms with Crippen LogP contribution in [-0.2, 0) is 6.54 Å². The first kappa shape index (κ1) is 9.88. The number of thiocarbonyl (C=S) groups is 1. The van der Waals surface area contributed by atoms with Crippen LogP contribution in [0.3, 0.4) is 0 Å². The number of nitrogens with zero attached hydrogens (tertiary/aromatic N) is 1. The standard InChI is InChI=1S/C8H12N4S/c1-6-2-3-10-7(4-6)5-11-8(13)12-9/h2-4H,5,9H2,1H3,(H2,11,12,13). The summed E-state index contributed by atoms with van der Waals surface area (Å²) in [6.07, 6.45) is 1.77. The van der Waals surface area contributed by atoms with Crippen molar-refractivity contribution in [2.24, 2.45) is 5.84 Å². The molecule has 0 unspecified atom stereocenters. The van der Waals surface area contributed by atoms with Gasteiger partial charge in [0.1, 0.15) is 0 Å². The van der Waals surface area contributed by atoms with E-state index in [0.29, 0.717) is 11.7 Å². The van der Waals surface area contributed by atoms with Gasteiger partial charge in [-0.1, -0.05) is 0 Å². The van der Waals surface area contributed by atoms with Crippen molar-refractivity contribution in [2.75, 3.05) is 0 Å². The molecule has 1 aromatic heterocycles. The number of pyridine rings is 1. The van der Waals surface area contributed by atoms with Gasteiger partial charge in [-0.25, -0.2) is 5.84 Å². The van der Waals surface area contributed by atoms with E-state index in [9.17, 15) is 0 Å². The number of aromatic nitrogens is 1. The molecule has 0 spiro atoms. The predicted octanol–water partition coefficient (Wildman–Crippen LogP) is 0.228. The molecule has 0 saturated heterocycles. The molecule has 13 heavy (non-hydrogen) atoms. The lowest BCUT2D eigenvalue weighted by Gasteiger charge is -2.06. The molecule has 70 valence electrons. The fourth-order valence-corrected chi connectivity index (χ4v) is 0.989. The molecule has 0 saturated carbocycles. The largest absolute Gasteiger partial charge is 0.356 e. The van der Waals surface area contributed by atoms with Gasteiger partial charge in [-0.2, -0.15) is 0 Å². The second-order valence-electron chi connectivity index (χ2n) is 2.65. The zero-order valence-corrected chi connectivity index (χ0v) is 8.19. The quantitative estimate of drug-likeness (QED) is 0.359. The molecule has 0 aromatic carbocycles. The van der Waals surface area contributed by atoms with Gasteiger partial charge in [-0.05, 0) is 36.8 Å². The van der Waals surface area contributed by atoms with Gasteiger partial charge in [-0.3, -0.25) is 4.98 Å². The van der Waals surface area contributed by atoms with Crippen molar-refractivity contribution in [1.29, 1.82) is 0 Å². The molecule has 4 nitrogen and oxygen atoms in total. The fourth-order valence-electron chi connectivity index (χ4n) is 0.917. The molecule has 1 heterocycles. The van der Waals surface area contributed by atoms with E-state index in [1.165, 1.54) is 5.56 Å². The predicted molar refractivity (Wildman–Crippen MR) is 55.7 cm³/mol. The lowest BCUT2D eigenvalue weighted by atomic mass is 10.2. The summed E-state index contributed by atoms with van der Waals surface area (Å²) in [5.41, 5.74) is 4.46. The Morgan fingerprint density at radius 1 is 1.69 bits per heavy atom. The lowest BCUT2D eigenvalue weighted by molar-refractivity contribution is 0.838.